The standard InChI is InChI=1S/C13H24N2O4/c1-5-15-8-9(6-7-10(15)11(16)17)14-12(18)19-13(2,3)4/h9-10H,5-8H2,1-4H3,(H,14,18)(H,16,17). The monoisotopic (exact) mass is 272 g/mol. The molecule has 1 aliphatic rings. The first-order chi connectivity index (χ1) is 8.73. The van der Waals surface area contributed by atoms with Crippen LogP contribution in [0.5, 0.6) is 0 Å². The number of nitrogens with one attached hydrogen (secondary N) is 1. The van der Waals surface area contributed by atoms with E-state index in [-0.39, 0.29) is 6.04 Å². The third-order valence-corrected chi connectivity index (χ3v) is 3.10. The van der Waals surface area contributed by atoms with Crippen LogP contribution in [0.3, 0.4) is 0 Å². The van der Waals surface area contributed by atoms with Gasteiger partial charge >= 0.3 is 12.1 Å². The lowest BCUT2D eigenvalue weighted by Crippen LogP contribution is -2.54. The Hall–Kier alpha value is -1.30. The molecule has 1 rings (SSSR count). The lowest BCUT2D eigenvalue weighted by Gasteiger charge is -2.37. The van der Waals surface area contributed by atoms with Gasteiger partial charge < -0.3 is 15.2 Å². The van der Waals surface area contributed by atoms with Gasteiger partial charge in [-0.1, -0.05) is 6.92 Å². The van der Waals surface area contributed by atoms with Gasteiger partial charge in [-0.05, 0) is 40.2 Å². The van der Waals surface area contributed by atoms with E-state index in [1.807, 2.05) is 32.6 Å². The zero-order valence-electron chi connectivity index (χ0n) is 12.1. The molecule has 0 aliphatic carbocycles. The van der Waals surface area contributed by atoms with Crippen molar-refractivity contribution in [1.29, 1.82) is 0 Å². The number of hydrogen-bond acceptors (Lipinski definition) is 4. The molecule has 2 atom stereocenters. The van der Waals surface area contributed by atoms with Crippen molar-refractivity contribution in [3.63, 3.8) is 0 Å². The Labute approximate surface area is 114 Å². The number of nitrogens with zero attached hydrogens (tertiary/aromatic N) is 1. The summed E-state index contributed by atoms with van der Waals surface area (Å²) >= 11 is 0. The van der Waals surface area contributed by atoms with Crippen molar-refractivity contribution >= 4 is 12.1 Å². The van der Waals surface area contributed by atoms with Crippen molar-refractivity contribution in [2.24, 2.45) is 0 Å². The Morgan fingerprint density at radius 3 is 2.47 bits per heavy atom. The Morgan fingerprint density at radius 2 is 2.00 bits per heavy atom. The van der Waals surface area contributed by atoms with Crippen molar-refractivity contribution in [1.82, 2.24) is 10.2 Å². The highest BCUT2D eigenvalue weighted by molar-refractivity contribution is 5.73. The predicted octanol–water partition coefficient (Wildman–Crippen LogP) is 1.45. The summed E-state index contributed by atoms with van der Waals surface area (Å²) in [5.41, 5.74) is -0.521. The molecule has 2 N–H and O–H groups in total. The van der Waals surface area contributed by atoms with Crippen LogP contribution in [-0.2, 0) is 9.53 Å². The Bertz CT molecular complexity index is 338. The van der Waals surface area contributed by atoms with Gasteiger partial charge in [0.1, 0.15) is 11.6 Å². The number of likely N-dealkylation sites (N-methyl/N-ethyl adjacent to an activating group) is 1. The molecule has 1 saturated heterocycles. The molecule has 0 radical (unpaired) electrons. The summed E-state index contributed by atoms with van der Waals surface area (Å²) in [5.74, 6) is -0.794. The Morgan fingerprint density at radius 1 is 1.37 bits per heavy atom. The van der Waals surface area contributed by atoms with Gasteiger partial charge in [0.05, 0.1) is 0 Å². The topological polar surface area (TPSA) is 78.9 Å². The summed E-state index contributed by atoms with van der Waals surface area (Å²) in [4.78, 5) is 24.6. The molecule has 0 saturated carbocycles. The van der Waals surface area contributed by atoms with E-state index in [1.165, 1.54) is 0 Å². The second-order valence-corrected chi connectivity index (χ2v) is 5.86. The largest absolute Gasteiger partial charge is 0.480 e. The van der Waals surface area contributed by atoms with E-state index in [4.69, 9.17) is 9.84 Å². The number of likely N-dealkylation sites (tertiary alicyclic amines) is 1. The molecule has 110 valence electrons. The predicted molar refractivity (Wildman–Crippen MR) is 71.1 cm³/mol. The molecule has 1 fully saturated rings. The molecule has 1 amide bonds. The fourth-order valence-electron chi connectivity index (χ4n) is 2.26. The lowest BCUT2D eigenvalue weighted by molar-refractivity contribution is -0.144. The van der Waals surface area contributed by atoms with Crippen molar-refractivity contribution in [2.75, 3.05) is 13.1 Å². The van der Waals surface area contributed by atoms with Gasteiger partial charge in [0.2, 0.25) is 0 Å². The van der Waals surface area contributed by atoms with Crippen molar-refractivity contribution < 1.29 is 19.4 Å². The molecule has 0 aromatic carbocycles. The summed E-state index contributed by atoms with van der Waals surface area (Å²) in [7, 11) is 0. The Balaban J connectivity index is 2.50. The van der Waals surface area contributed by atoms with Crippen LogP contribution in [0.1, 0.15) is 40.5 Å². The molecule has 0 aromatic rings. The van der Waals surface area contributed by atoms with Crippen LogP contribution in [0.25, 0.3) is 0 Å². The van der Waals surface area contributed by atoms with E-state index in [0.717, 1.165) is 0 Å². The summed E-state index contributed by atoms with van der Waals surface area (Å²) in [6, 6.07) is -0.493. The summed E-state index contributed by atoms with van der Waals surface area (Å²) < 4.78 is 5.20. The number of hydrogen-bond donors (Lipinski definition) is 2. The molecule has 1 heterocycles. The highest BCUT2D eigenvalue weighted by Gasteiger charge is 2.33. The minimum Gasteiger partial charge on any atom is -0.480 e. The van der Waals surface area contributed by atoms with Gasteiger partial charge in [-0.3, -0.25) is 9.69 Å². The van der Waals surface area contributed by atoms with Crippen molar-refractivity contribution in [3.8, 4) is 0 Å². The number of carbonyl (C=O) groups is 2. The third-order valence-electron chi connectivity index (χ3n) is 3.10. The van der Waals surface area contributed by atoms with Crippen LogP contribution >= 0.6 is 0 Å². The number of alkyl carbamates (subject to hydrolysis) is 1. The smallest absolute Gasteiger partial charge is 0.407 e. The molecular weight excluding hydrogens is 248 g/mol. The molecule has 2 unspecified atom stereocenters. The first-order valence-electron chi connectivity index (χ1n) is 6.69. The highest BCUT2D eigenvalue weighted by atomic mass is 16.6. The van der Waals surface area contributed by atoms with Gasteiger partial charge in [-0.2, -0.15) is 0 Å². The average molecular weight is 272 g/mol. The fourth-order valence-corrected chi connectivity index (χ4v) is 2.26. The van der Waals surface area contributed by atoms with E-state index in [1.54, 1.807) is 0 Å². The van der Waals surface area contributed by atoms with Crippen LogP contribution in [0, 0.1) is 0 Å². The second kappa shape index (κ2) is 6.23. The average Bonchev–Trinajstić information content (AvgIpc) is 2.25. The molecule has 0 bridgehead atoms. The first kappa shape index (κ1) is 15.8. The Kier molecular flexibility index (Phi) is 5.17. The van der Waals surface area contributed by atoms with Crippen LogP contribution in [-0.4, -0.2) is 52.8 Å². The van der Waals surface area contributed by atoms with E-state index in [2.05, 4.69) is 5.32 Å². The number of carboxylic acid groups (broad SMARTS) is 1. The van der Waals surface area contributed by atoms with Gasteiger partial charge in [-0.25, -0.2) is 4.79 Å². The zero-order valence-corrected chi connectivity index (χ0v) is 12.1. The summed E-state index contributed by atoms with van der Waals surface area (Å²) in [5, 5.41) is 11.9. The quantitative estimate of drug-likeness (QED) is 0.813. The first-order valence-corrected chi connectivity index (χ1v) is 6.69. The van der Waals surface area contributed by atoms with E-state index >= 15 is 0 Å². The summed E-state index contributed by atoms with van der Waals surface area (Å²) in [6.45, 7) is 8.56. The molecule has 0 aromatic heterocycles. The van der Waals surface area contributed by atoms with E-state index in [0.29, 0.717) is 25.9 Å². The maximum atomic E-state index is 11.7. The van der Waals surface area contributed by atoms with Gasteiger partial charge in [0.25, 0.3) is 0 Å². The van der Waals surface area contributed by atoms with E-state index in [9.17, 15) is 9.59 Å². The maximum Gasteiger partial charge on any atom is 0.407 e. The van der Waals surface area contributed by atoms with E-state index < -0.39 is 23.7 Å². The molecule has 19 heavy (non-hydrogen) atoms. The maximum absolute atomic E-state index is 11.7. The highest BCUT2D eigenvalue weighted by Crippen LogP contribution is 2.18. The molecule has 0 spiro atoms. The number of amides is 1. The SMILES string of the molecule is CCN1CC(NC(=O)OC(C)(C)C)CCC1C(=O)O. The van der Waals surface area contributed by atoms with Crippen molar-refractivity contribution in [3.05, 3.63) is 0 Å². The normalized spacial score (nSPS) is 24.8. The van der Waals surface area contributed by atoms with Gasteiger partial charge in [-0.15, -0.1) is 0 Å². The number of carbonyl (C=O) groups excluding carboxylic acids is 1. The van der Waals surface area contributed by atoms with Crippen LogP contribution in [0.2, 0.25) is 0 Å². The molecule has 6 heteroatoms. The zero-order chi connectivity index (χ0) is 14.6. The summed E-state index contributed by atoms with van der Waals surface area (Å²) in [6.07, 6.45) is 0.762. The number of piperidine rings is 1. The number of rotatable bonds is 3. The number of carboxylic acids is 1. The molecular formula is C13H24N2O4. The minimum absolute atomic E-state index is 0.0506. The minimum atomic E-state index is -0.794. The second-order valence-electron chi connectivity index (χ2n) is 5.86. The van der Waals surface area contributed by atoms with Crippen molar-refractivity contribution in [2.45, 2.75) is 58.2 Å². The number of aliphatic carboxylic acids is 1. The van der Waals surface area contributed by atoms with Crippen LogP contribution in [0.4, 0.5) is 4.79 Å². The van der Waals surface area contributed by atoms with Crippen LogP contribution in [0.15, 0.2) is 0 Å². The van der Waals surface area contributed by atoms with Gasteiger partial charge in [0, 0.05) is 12.6 Å². The fraction of sp³-hybridized carbons (Fsp3) is 0.846. The number of ether oxygens (including phenoxy) is 1. The molecule has 6 nitrogen and oxygen atoms in total. The lowest BCUT2D eigenvalue weighted by atomic mass is 9.98. The third kappa shape index (κ3) is 5.06. The molecule has 1 aliphatic heterocycles. The van der Waals surface area contributed by atoms with Crippen LogP contribution < -0.4 is 5.32 Å². The van der Waals surface area contributed by atoms with Gasteiger partial charge in [0.15, 0.2) is 0 Å².